The number of hydrogen-bond acceptors (Lipinski definition) is 2. The largest absolute Gasteiger partial charge is 0.507 e. The molecule has 0 unspecified atom stereocenters. The van der Waals surface area contributed by atoms with Gasteiger partial charge < -0.3 is 10.2 Å². The molecule has 1 fully saturated rings. The van der Waals surface area contributed by atoms with Crippen molar-refractivity contribution in [1.82, 2.24) is 0 Å². The molecule has 0 heterocycles. The molecule has 0 atom stereocenters. The molecule has 2 N–H and O–H groups in total. The highest BCUT2D eigenvalue weighted by molar-refractivity contribution is 6.31. The van der Waals surface area contributed by atoms with Gasteiger partial charge in [0.1, 0.15) is 5.75 Å². The van der Waals surface area contributed by atoms with Crippen molar-refractivity contribution in [1.29, 1.82) is 0 Å². The van der Waals surface area contributed by atoms with Gasteiger partial charge in [-0.05, 0) is 31.4 Å². The average molecular weight is 213 g/mol. The van der Waals surface area contributed by atoms with Crippen molar-refractivity contribution in [2.24, 2.45) is 0 Å². The minimum Gasteiger partial charge on any atom is -0.507 e. The molecule has 0 radical (unpaired) electrons. The van der Waals surface area contributed by atoms with Crippen molar-refractivity contribution in [2.75, 3.05) is 0 Å². The molecule has 0 spiro atoms. The van der Waals surface area contributed by atoms with Crippen LogP contribution in [0.3, 0.4) is 0 Å². The van der Waals surface area contributed by atoms with Crippen LogP contribution in [0.1, 0.15) is 24.0 Å². The summed E-state index contributed by atoms with van der Waals surface area (Å²) in [6.45, 7) is 1.83. The molecule has 2 nitrogen and oxygen atoms in total. The summed E-state index contributed by atoms with van der Waals surface area (Å²) in [5.41, 5.74) is 0.856. The summed E-state index contributed by atoms with van der Waals surface area (Å²) < 4.78 is 0. The SMILES string of the molecule is Cc1ccc(Cl)c(CC2(O)CC2)c1O. The fraction of sp³-hybridized carbons (Fsp3) is 0.455. The second kappa shape index (κ2) is 3.14. The van der Waals surface area contributed by atoms with Crippen molar-refractivity contribution >= 4 is 11.6 Å². The maximum absolute atomic E-state index is 9.77. The number of phenols is 1. The van der Waals surface area contributed by atoms with Gasteiger partial charge in [0.2, 0.25) is 0 Å². The van der Waals surface area contributed by atoms with Crippen molar-refractivity contribution < 1.29 is 10.2 Å². The first-order valence-electron chi connectivity index (χ1n) is 4.71. The lowest BCUT2D eigenvalue weighted by molar-refractivity contribution is 0.150. The van der Waals surface area contributed by atoms with Gasteiger partial charge in [-0.25, -0.2) is 0 Å². The highest BCUT2D eigenvalue weighted by atomic mass is 35.5. The molecule has 1 aromatic carbocycles. The average Bonchev–Trinajstić information content (AvgIpc) is 2.86. The minimum atomic E-state index is -0.616. The smallest absolute Gasteiger partial charge is 0.123 e. The molecule has 0 bridgehead atoms. The van der Waals surface area contributed by atoms with Gasteiger partial charge >= 0.3 is 0 Å². The standard InChI is InChI=1S/C11H13ClO2/c1-7-2-3-9(12)8(10(7)13)6-11(14)4-5-11/h2-3,13-14H,4-6H2,1H3. The molecule has 1 aliphatic carbocycles. The van der Waals surface area contributed by atoms with Gasteiger partial charge in [0, 0.05) is 17.0 Å². The summed E-state index contributed by atoms with van der Waals surface area (Å²) in [6.07, 6.45) is 2.06. The van der Waals surface area contributed by atoms with Crippen LogP contribution in [0, 0.1) is 6.92 Å². The molecular formula is C11H13ClO2. The molecule has 14 heavy (non-hydrogen) atoms. The van der Waals surface area contributed by atoms with Gasteiger partial charge in [0.05, 0.1) is 5.60 Å². The summed E-state index contributed by atoms with van der Waals surface area (Å²) in [4.78, 5) is 0. The van der Waals surface area contributed by atoms with E-state index in [4.69, 9.17) is 11.6 Å². The van der Waals surface area contributed by atoms with E-state index in [0.717, 1.165) is 18.4 Å². The lowest BCUT2D eigenvalue weighted by Gasteiger charge is -2.12. The normalized spacial score (nSPS) is 18.2. The maximum atomic E-state index is 9.77. The lowest BCUT2D eigenvalue weighted by atomic mass is 10.0. The van der Waals surface area contributed by atoms with Gasteiger partial charge in [0.25, 0.3) is 0 Å². The molecule has 0 amide bonds. The highest BCUT2D eigenvalue weighted by Crippen LogP contribution is 2.42. The Morgan fingerprint density at radius 2 is 2.07 bits per heavy atom. The molecule has 3 heteroatoms. The predicted octanol–water partition coefficient (Wildman–Crippen LogP) is 2.42. The third-order valence-corrected chi connectivity index (χ3v) is 3.11. The number of aryl methyl sites for hydroxylation is 1. The van der Waals surface area contributed by atoms with Crippen LogP contribution in [0.15, 0.2) is 12.1 Å². The van der Waals surface area contributed by atoms with Gasteiger partial charge in [0.15, 0.2) is 0 Å². The van der Waals surface area contributed by atoms with Crippen LogP contribution in [-0.2, 0) is 6.42 Å². The highest BCUT2D eigenvalue weighted by Gasteiger charge is 2.41. The molecule has 1 aromatic rings. The zero-order valence-electron chi connectivity index (χ0n) is 8.05. The van der Waals surface area contributed by atoms with E-state index in [9.17, 15) is 10.2 Å². The lowest BCUT2D eigenvalue weighted by Crippen LogP contribution is -2.11. The van der Waals surface area contributed by atoms with Crippen LogP contribution in [0.25, 0.3) is 0 Å². The Morgan fingerprint density at radius 1 is 1.43 bits per heavy atom. The van der Waals surface area contributed by atoms with E-state index in [0.29, 0.717) is 17.0 Å². The Labute approximate surface area is 88.1 Å². The van der Waals surface area contributed by atoms with E-state index in [1.54, 1.807) is 12.1 Å². The summed E-state index contributed by atoms with van der Waals surface area (Å²) in [5.74, 6) is 0.220. The summed E-state index contributed by atoms with van der Waals surface area (Å²) in [7, 11) is 0. The molecule has 0 saturated heterocycles. The molecule has 1 aliphatic rings. The first kappa shape index (κ1) is 9.81. The summed E-state index contributed by atoms with van der Waals surface area (Å²) in [6, 6.07) is 3.54. The first-order valence-corrected chi connectivity index (χ1v) is 5.09. The fourth-order valence-electron chi connectivity index (χ4n) is 1.55. The third kappa shape index (κ3) is 1.72. The maximum Gasteiger partial charge on any atom is 0.123 e. The van der Waals surface area contributed by atoms with Crippen molar-refractivity contribution in [3.05, 3.63) is 28.3 Å². The van der Waals surface area contributed by atoms with E-state index in [-0.39, 0.29) is 5.75 Å². The molecular weight excluding hydrogens is 200 g/mol. The monoisotopic (exact) mass is 212 g/mol. The number of rotatable bonds is 2. The van der Waals surface area contributed by atoms with Crippen molar-refractivity contribution in [2.45, 2.75) is 31.8 Å². The molecule has 1 saturated carbocycles. The fourth-order valence-corrected chi connectivity index (χ4v) is 1.77. The van der Waals surface area contributed by atoms with Crippen LogP contribution in [-0.4, -0.2) is 15.8 Å². The van der Waals surface area contributed by atoms with Crippen LogP contribution >= 0.6 is 11.6 Å². The van der Waals surface area contributed by atoms with Crippen molar-refractivity contribution in [3.8, 4) is 5.75 Å². The van der Waals surface area contributed by atoms with Crippen LogP contribution in [0.4, 0.5) is 0 Å². The molecule has 0 aliphatic heterocycles. The Balaban J connectivity index is 2.35. The minimum absolute atomic E-state index is 0.220. The second-order valence-corrected chi connectivity index (χ2v) is 4.50. The van der Waals surface area contributed by atoms with E-state index >= 15 is 0 Å². The molecule has 0 aromatic heterocycles. The van der Waals surface area contributed by atoms with Crippen LogP contribution < -0.4 is 0 Å². The van der Waals surface area contributed by atoms with Crippen LogP contribution in [0.2, 0.25) is 5.02 Å². The predicted molar refractivity (Wildman–Crippen MR) is 55.7 cm³/mol. The van der Waals surface area contributed by atoms with E-state index in [1.165, 1.54) is 0 Å². The first-order chi connectivity index (χ1) is 6.52. The Kier molecular flexibility index (Phi) is 2.20. The van der Waals surface area contributed by atoms with E-state index in [2.05, 4.69) is 0 Å². The van der Waals surface area contributed by atoms with E-state index in [1.807, 2.05) is 6.92 Å². The number of hydrogen-bond donors (Lipinski definition) is 2. The third-order valence-electron chi connectivity index (χ3n) is 2.76. The molecule has 76 valence electrons. The quantitative estimate of drug-likeness (QED) is 0.791. The zero-order chi connectivity index (χ0) is 10.3. The number of halogens is 1. The Morgan fingerprint density at radius 3 is 2.64 bits per heavy atom. The van der Waals surface area contributed by atoms with E-state index < -0.39 is 5.60 Å². The number of aromatic hydroxyl groups is 1. The van der Waals surface area contributed by atoms with Gasteiger partial charge in [-0.15, -0.1) is 0 Å². The number of benzene rings is 1. The Bertz CT molecular complexity index is 370. The number of aliphatic hydroxyl groups is 1. The van der Waals surface area contributed by atoms with Crippen molar-refractivity contribution in [3.63, 3.8) is 0 Å². The van der Waals surface area contributed by atoms with Gasteiger partial charge in [-0.2, -0.15) is 0 Å². The van der Waals surface area contributed by atoms with Gasteiger partial charge in [-0.3, -0.25) is 0 Å². The topological polar surface area (TPSA) is 40.5 Å². The van der Waals surface area contributed by atoms with Crippen LogP contribution in [0.5, 0.6) is 5.75 Å². The summed E-state index contributed by atoms with van der Waals surface area (Å²) in [5, 5.41) is 20.1. The summed E-state index contributed by atoms with van der Waals surface area (Å²) >= 11 is 5.96. The zero-order valence-corrected chi connectivity index (χ0v) is 8.80. The Hall–Kier alpha value is -0.730. The number of phenolic OH excluding ortho intramolecular Hbond substituents is 1. The van der Waals surface area contributed by atoms with Gasteiger partial charge in [-0.1, -0.05) is 17.7 Å². The molecule has 2 rings (SSSR count). The second-order valence-electron chi connectivity index (χ2n) is 4.09.